The maximum absolute atomic E-state index is 11.7. The summed E-state index contributed by atoms with van der Waals surface area (Å²) < 4.78 is 25.2. The largest absolute Gasteiger partial charge is 0.335 e. The lowest BCUT2D eigenvalue weighted by Crippen LogP contribution is -2.03. The van der Waals surface area contributed by atoms with Gasteiger partial charge >= 0.3 is 0 Å². The lowest BCUT2D eigenvalue weighted by Gasteiger charge is -2.02. The van der Waals surface area contributed by atoms with Crippen molar-refractivity contribution in [2.75, 3.05) is 0 Å². The van der Waals surface area contributed by atoms with E-state index in [-0.39, 0.29) is 6.42 Å². The summed E-state index contributed by atoms with van der Waals surface area (Å²) in [5.41, 5.74) is 0. The third-order valence-corrected chi connectivity index (χ3v) is 1.51. The lowest BCUT2D eigenvalue weighted by atomic mass is 10.4. The SMILES string of the molecule is Cc1nccn1CCC(F)F. The summed E-state index contributed by atoms with van der Waals surface area (Å²) in [5.74, 6) is 0.783. The number of alkyl halides is 2. The van der Waals surface area contributed by atoms with E-state index >= 15 is 0 Å². The molecule has 1 aromatic rings. The van der Waals surface area contributed by atoms with Gasteiger partial charge in [-0.1, -0.05) is 0 Å². The molecule has 0 bridgehead atoms. The summed E-state index contributed by atoms with van der Waals surface area (Å²) in [6, 6.07) is 0. The van der Waals surface area contributed by atoms with Crippen LogP contribution >= 0.6 is 0 Å². The van der Waals surface area contributed by atoms with Crippen LogP contribution in [0.2, 0.25) is 0 Å². The normalized spacial score (nSPS) is 10.9. The van der Waals surface area contributed by atoms with Gasteiger partial charge in [-0.2, -0.15) is 0 Å². The number of halogens is 2. The second-order valence-electron chi connectivity index (χ2n) is 2.35. The van der Waals surface area contributed by atoms with Gasteiger partial charge in [0.2, 0.25) is 6.43 Å². The first-order valence-corrected chi connectivity index (χ1v) is 3.46. The number of rotatable bonds is 3. The molecular weight excluding hydrogens is 150 g/mol. The molecule has 0 aliphatic carbocycles. The smallest absolute Gasteiger partial charge is 0.240 e. The van der Waals surface area contributed by atoms with Crippen LogP contribution in [0.5, 0.6) is 0 Å². The Morgan fingerprint density at radius 2 is 2.36 bits per heavy atom. The van der Waals surface area contributed by atoms with E-state index in [0.29, 0.717) is 6.54 Å². The minimum Gasteiger partial charge on any atom is -0.335 e. The van der Waals surface area contributed by atoms with Gasteiger partial charge in [-0.3, -0.25) is 0 Å². The van der Waals surface area contributed by atoms with Gasteiger partial charge in [-0.25, -0.2) is 13.8 Å². The van der Waals surface area contributed by atoms with E-state index in [1.54, 1.807) is 23.9 Å². The van der Waals surface area contributed by atoms with Gasteiger partial charge in [0.05, 0.1) is 0 Å². The Bertz CT molecular complexity index is 220. The summed E-state index contributed by atoms with van der Waals surface area (Å²) in [5, 5.41) is 0. The molecule has 0 aromatic carbocycles. The Hall–Kier alpha value is -0.930. The second kappa shape index (κ2) is 3.46. The van der Waals surface area contributed by atoms with Crippen LogP contribution in [0.25, 0.3) is 0 Å². The van der Waals surface area contributed by atoms with Gasteiger partial charge in [-0.05, 0) is 6.92 Å². The van der Waals surface area contributed by atoms with Crippen molar-refractivity contribution in [3.8, 4) is 0 Å². The molecule has 0 N–H and O–H groups in total. The Balaban J connectivity index is 2.44. The van der Waals surface area contributed by atoms with Gasteiger partial charge in [0.1, 0.15) is 5.82 Å². The number of hydrogen-bond acceptors (Lipinski definition) is 1. The standard InChI is InChI=1S/C7H10F2N2/c1-6-10-3-5-11(6)4-2-7(8)9/h3,5,7H,2,4H2,1H3. The maximum Gasteiger partial charge on any atom is 0.240 e. The van der Waals surface area contributed by atoms with E-state index in [0.717, 1.165) is 5.82 Å². The minimum absolute atomic E-state index is 0.100. The summed E-state index contributed by atoms with van der Waals surface area (Å²) in [7, 11) is 0. The van der Waals surface area contributed by atoms with Crippen LogP contribution in [-0.2, 0) is 6.54 Å². The Labute approximate surface area is 63.9 Å². The maximum atomic E-state index is 11.7. The van der Waals surface area contributed by atoms with Gasteiger partial charge in [0.15, 0.2) is 0 Å². The molecule has 4 heteroatoms. The van der Waals surface area contributed by atoms with E-state index in [2.05, 4.69) is 4.98 Å². The van der Waals surface area contributed by atoms with E-state index < -0.39 is 6.43 Å². The molecule has 0 saturated carbocycles. The van der Waals surface area contributed by atoms with Crippen LogP contribution in [0.3, 0.4) is 0 Å². The van der Waals surface area contributed by atoms with E-state index in [1.165, 1.54) is 0 Å². The average Bonchev–Trinajstić information content (AvgIpc) is 2.31. The molecule has 0 atom stereocenters. The monoisotopic (exact) mass is 160 g/mol. The van der Waals surface area contributed by atoms with Crippen molar-refractivity contribution < 1.29 is 8.78 Å². The molecule has 0 unspecified atom stereocenters. The number of hydrogen-bond donors (Lipinski definition) is 0. The molecular formula is C7H10F2N2. The van der Waals surface area contributed by atoms with Crippen LogP contribution in [0, 0.1) is 6.92 Å². The quantitative estimate of drug-likeness (QED) is 0.659. The Morgan fingerprint density at radius 1 is 1.64 bits per heavy atom. The highest BCUT2D eigenvalue weighted by Gasteiger charge is 2.03. The fourth-order valence-corrected chi connectivity index (χ4v) is 0.877. The number of aromatic nitrogens is 2. The predicted molar refractivity (Wildman–Crippen MR) is 37.6 cm³/mol. The average molecular weight is 160 g/mol. The predicted octanol–water partition coefficient (Wildman–Crippen LogP) is 1.85. The fraction of sp³-hybridized carbons (Fsp3) is 0.571. The first-order chi connectivity index (χ1) is 5.20. The highest BCUT2D eigenvalue weighted by Crippen LogP contribution is 2.03. The van der Waals surface area contributed by atoms with Crippen molar-refractivity contribution in [1.82, 2.24) is 9.55 Å². The summed E-state index contributed by atoms with van der Waals surface area (Å²) in [6.07, 6.45) is 0.993. The molecule has 0 saturated heterocycles. The lowest BCUT2D eigenvalue weighted by molar-refractivity contribution is 0.131. The third kappa shape index (κ3) is 2.29. The van der Waals surface area contributed by atoms with Crippen LogP contribution < -0.4 is 0 Å². The Kier molecular flexibility index (Phi) is 2.57. The zero-order valence-electron chi connectivity index (χ0n) is 6.30. The number of imidazole rings is 1. The van der Waals surface area contributed by atoms with E-state index in [4.69, 9.17) is 0 Å². The molecule has 0 amide bonds. The summed E-state index contributed by atoms with van der Waals surface area (Å²) in [4.78, 5) is 3.91. The first kappa shape index (κ1) is 8.17. The summed E-state index contributed by atoms with van der Waals surface area (Å²) in [6.45, 7) is 2.15. The van der Waals surface area contributed by atoms with Crippen LogP contribution in [0.15, 0.2) is 12.4 Å². The van der Waals surface area contributed by atoms with Crippen molar-refractivity contribution in [2.45, 2.75) is 26.3 Å². The molecule has 0 radical (unpaired) electrons. The summed E-state index contributed by atoms with van der Waals surface area (Å²) >= 11 is 0. The van der Waals surface area contributed by atoms with Gasteiger partial charge in [0, 0.05) is 25.4 Å². The molecule has 2 nitrogen and oxygen atoms in total. The van der Waals surface area contributed by atoms with Crippen molar-refractivity contribution in [2.24, 2.45) is 0 Å². The highest BCUT2D eigenvalue weighted by molar-refractivity contribution is 4.87. The molecule has 0 spiro atoms. The zero-order valence-corrected chi connectivity index (χ0v) is 6.30. The molecule has 1 rings (SSSR count). The molecule has 62 valence electrons. The zero-order chi connectivity index (χ0) is 8.27. The van der Waals surface area contributed by atoms with Crippen molar-refractivity contribution >= 4 is 0 Å². The van der Waals surface area contributed by atoms with Crippen LogP contribution in [-0.4, -0.2) is 16.0 Å². The number of nitrogens with zero attached hydrogens (tertiary/aromatic N) is 2. The first-order valence-electron chi connectivity index (χ1n) is 3.46. The Morgan fingerprint density at radius 3 is 2.82 bits per heavy atom. The van der Waals surface area contributed by atoms with Crippen molar-refractivity contribution in [3.05, 3.63) is 18.2 Å². The molecule has 0 fully saturated rings. The molecule has 0 aliphatic rings. The highest BCUT2D eigenvalue weighted by atomic mass is 19.3. The van der Waals surface area contributed by atoms with E-state index in [1.807, 2.05) is 0 Å². The van der Waals surface area contributed by atoms with Gasteiger partial charge < -0.3 is 4.57 Å². The molecule has 1 heterocycles. The topological polar surface area (TPSA) is 17.8 Å². The fourth-order valence-electron chi connectivity index (χ4n) is 0.877. The van der Waals surface area contributed by atoms with E-state index in [9.17, 15) is 8.78 Å². The second-order valence-corrected chi connectivity index (χ2v) is 2.35. The van der Waals surface area contributed by atoms with Gasteiger partial charge in [-0.15, -0.1) is 0 Å². The van der Waals surface area contributed by atoms with Gasteiger partial charge in [0.25, 0.3) is 0 Å². The molecule has 11 heavy (non-hydrogen) atoms. The van der Waals surface area contributed by atoms with Crippen molar-refractivity contribution in [3.63, 3.8) is 0 Å². The molecule has 0 aliphatic heterocycles. The number of aryl methyl sites for hydroxylation is 2. The van der Waals surface area contributed by atoms with Crippen LogP contribution in [0.4, 0.5) is 8.78 Å². The van der Waals surface area contributed by atoms with Crippen molar-refractivity contribution in [1.29, 1.82) is 0 Å². The molecule has 1 aromatic heterocycles. The minimum atomic E-state index is -2.23. The third-order valence-electron chi connectivity index (χ3n) is 1.51. The van der Waals surface area contributed by atoms with Crippen LogP contribution in [0.1, 0.15) is 12.2 Å².